The fourth-order valence-corrected chi connectivity index (χ4v) is 1.79. The third-order valence-electron chi connectivity index (χ3n) is 1.77. The van der Waals surface area contributed by atoms with Crippen LogP contribution >= 0.6 is 31.9 Å². The van der Waals surface area contributed by atoms with E-state index < -0.39 is 0 Å². The molecule has 0 radical (unpaired) electrons. The van der Waals surface area contributed by atoms with Gasteiger partial charge in [-0.25, -0.2) is 0 Å². The summed E-state index contributed by atoms with van der Waals surface area (Å²) < 4.78 is 0. The van der Waals surface area contributed by atoms with Gasteiger partial charge in [0, 0.05) is 10.2 Å². The van der Waals surface area contributed by atoms with Gasteiger partial charge in [-0.2, -0.15) is 0 Å². The summed E-state index contributed by atoms with van der Waals surface area (Å²) >= 11 is 7.02. The predicted molar refractivity (Wildman–Crippen MR) is 61.2 cm³/mol. The molecule has 0 saturated carbocycles. The van der Waals surface area contributed by atoms with Crippen LogP contribution in [-0.4, -0.2) is 0 Å². The Balaban J connectivity index is 3.06. The van der Waals surface area contributed by atoms with Crippen LogP contribution in [0.5, 0.6) is 0 Å². The van der Waals surface area contributed by atoms with Gasteiger partial charge in [0.2, 0.25) is 0 Å². The fourth-order valence-electron chi connectivity index (χ4n) is 1.20. The van der Waals surface area contributed by atoms with E-state index in [0.29, 0.717) is 4.83 Å². The first-order valence-corrected chi connectivity index (χ1v) is 5.97. The van der Waals surface area contributed by atoms with Crippen LogP contribution in [0, 0.1) is 6.92 Å². The van der Waals surface area contributed by atoms with Crippen molar-refractivity contribution in [1.82, 2.24) is 0 Å². The fraction of sp³-hybridized carbons (Fsp3) is 0.400. The molecule has 0 aliphatic heterocycles. The summed E-state index contributed by atoms with van der Waals surface area (Å²) in [5.74, 6) is 0. The van der Waals surface area contributed by atoms with Crippen LogP contribution in [0.1, 0.15) is 28.4 Å². The van der Waals surface area contributed by atoms with Gasteiger partial charge >= 0.3 is 0 Å². The molecule has 0 aromatic heterocycles. The average Bonchev–Trinajstić information content (AvgIpc) is 2.03. The molecule has 12 heavy (non-hydrogen) atoms. The summed E-state index contributed by atoms with van der Waals surface area (Å²) in [5.41, 5.74) is 4.02. The van der Waals surface area contributed by atoms with Crippen molar-refractivity contribution in [3.8, 4) is 0 Å². The maximum absolute atomic E-state index is 3.56. The highest BCUT2D eigenvalue weighted by atomic mass is 79.9. The lowest BCUT2D eigenvalue weighted by Gasteiger charge is -2.07. The van der Waals surface area contributed by atoms with Gasteiger partial charge in [0.25, 0.3) is 0 Å². The van der Waals surface area contributed by atoms with Gasteiger partial charge in [-0.15, -0.1) is 0 Å². The molecule has 0 fully saturated rings. The monoisotopic (exact) mass is 290 g/mol. The molecule has 0 saturated heterocycles. The third kappa shape index (κ3) is 2.60. The van der Waals surface area contributed by atoms with Crippen LogP contribution in [0.3, 0.4) is 0 Å². The first-order valence-electron chi connectivity index (χ1n) is 3.94. The third-order valence-corrected chi connectivity index (χ3v) is 2.95. The van der Waals surface area contributed by atoms with E-state index in [2.05, 4.69) is 63.9 Å². The molecule has 1 atom stereocenters. The number of rotatable bonds is 2. The lowest BCUT2D eigenvalue weighted by molar-refractivity contribution is 1.11. The minimum absolute atomic E-state index is 0.440. The smallest absolute Gasteiger partial charge is 0.0367 e. The Hall–Kier alpha value is 0.180. The molecule has 66 valence electrons. The van der Waals surface area contributed by atoms with Crippen molar-refractivity contribution >= 4 is 31.9 Å². The maximum atomic E-state index is 3.56. The van der Waals surface area contributed by atoms with E-state index in [1.54, 1.807) is 0 Å². The number of hydrogen-bond acceptors (Lipinski definition) is 0. The van der Waals surface area contributed by atoms with Crippen molar-refractivity contribution < 1.29 is 0 Å². The van der Waals surface area contributed by atoms with E-state index in [4.69, 9.17) is 0 Å². The summed E-state index contributed by atoms with van der Waals surface area (Å²) in [7, 11) is 0. The molecular weight excluding hydrogens is 280 g/mol. The summed E-state index contributed by atoms with van der Waals surface area (Å²) in [6, 6.07) is 6.64. The average molecular weight is 292 g/mol. The molecule has 0 nitrogen and oxygen atoms in total. The second-order valence-corrected chi connectivity index (χ2v) is 4.94. The summed E-state index contributed by atoms with van der Waals surface area (Å²) in [4.78, 5) is 0.440. The number of hydrogen-bond donors (Lipinski definition) is 0. The lowest BCUT2D eigenvalue weighted by Crippen LogP contribution is -1.88. The molecule has 0 bridgehead atoms. The van der Waals surface area contributed by atoms with E-state index in [9.17, 15) is 0 Å². The molecule has 0 spiro atoms. The zero-order valence-electron chi connectivity index (χ0n) is 7.27. The van der Waals surface area contributed by atoms with Gasteiger partial charge in [0.05, 0.1) is 0 Å². The molecule has 1 rings (SSSR count). The van der Waals surface area contributed by atoms with Crippen molar-refractivity contribution in [2.75, 3.05) is 0 Å². The van der Waals surface area contributed by atoms with Crippen LogP contribution in [0.15, 0.2) is 18.2 Å². The SMILES string of the molecule is Cc1cc(CBr)cc(C(C)Br)c1. The Kier molecular flexibility index (Phi) is 3.78. The largest absolute Gasteiger partial charge is 0.0876 e. The van der Waals surface area contributed by atoms with Gasteiger partial charge < -0.3 is 0 Å². The topological polar surface area (TPSA) is 0 Å². The number of aryl methyl sites for hydroxylation is 1. The zero-order chi connectivity index (χ0) is 9.14. The van der Waals surface area contributed by atoms with Crippen molar-refractivity contribution in [1.29, 1.82) is 0 Å². The van der Waals surface area contributed by atoms with Crippen LogP contribution in [0.25, 0.3) is 0 Å². The maximum Gasteiger partial charge on any atom is 0.0367 e. The normalized spacial score (nSPS) is 13.0. The van der Waals surface area contributed by atoms with Crippen molar-refractivity contribution in [3.05, 3.63) is 34.9 Å². The molecule has 2 heteroatoms. The minimum atomic E-state index is 0.440. The number of halogens is 2. The molecule has 0 amide bonds. The molecule has 0 aliphatic rings. The molecule has 1 aromatic rings. The second-order valence-electron chi connectivity index (χ2n) is 3.00. The standard InChI is InChI=1S/C10H12Br2/c1-7-3-9(6-11)5-10(4-7)8(2)12/h3-5,8H,6H2,1-2H3. The summed E-state index contributed by atoms with van der Waals surface area (Å²) in [5, 5.41) is 0.932. The number of alkyl halides is 2. The molecule has 1 unspecified atom stereocenters. The first kappa shape index (κ1) is 10.3. The van der Waals surface area contributed by atoms with Crippen molar-refractivity contribution in [2.45, 2.75) is 24.0 Å². The van der Waals surface area contributed by atoms with E-state index in [1.165, 1.54) is 16.7 Å². The van der Waals surface area contributed by atoms with Crippen LogP contribution in [0.4, 0.5) is 0 Å². The van der Waals surface area contributed by atoms with Crippen LogP contribution < -0.4 is 0 Å². The quantitative estimate of drug-likeness (QED) is 0.711. The van der Waals surface area contributed by atoms with E-state index in [1.807, 2.05) is 0 Å². The van der Waals surface area contributed by atoms with Crippen LogP contribution in [0.2, 0.25) is 0 Å². The van der Waals surface area contributed by atoms with E-state index >= 15 is 0 Å². The minimum Gasteiger partial charge on any atom is -0.0876 e. The van der Waals surface area contributed by atoms with Crippen molar-refractivity contribution in [2.24, 2.45) is 0 Å². The Morgan fingerprint density at radius 2 is 2.00 bits per heavy atom. The van der Waals surface area contributed by atoms with Gasteiger partial charge in [-0.05, 0) is 25.0 Å². The highest BCUT2D eigenvalue weighted by molar-refractivity contribution is 9.09. The van der Waals surface area contributed by atoms with Gasteiger partial charge in [0.1, 0.15) is 0 Å². The second kappa shape index (κ2) is 4.43. The first-order chi connectivity index (χ1) is 5.63. The molecule has 0 aliphatic carbocycles. The molecule has 0 heterocycles. The lowest BCUT2D eigenvalue weighted by atomic mass is 10.1. The molecular formula is C10H12Br2. The van der Waals surface area contributed by atoms with E-state index in [-0.39, 0.29) is 0 Å². The van der Waals surface area contributed by atoms with Crippen molar-refractivity contribution in [3.63, 3.8) is 0 Å². The van der Waals surface area contributed by atoms with Gasteiger partial charge in [-0.1, -0.05) is 55.6 Å². The summed E-state index contributed by atoms with van der Waals surface area (Å²) in [6.45, 7) is 4.28. The van der Waals surface area contributed by atoms with Gasteiger partial charge in [-0.3, -0.25) is 0 Å². The highest BCUT2D eigenvalue weighted by Gasteiger charge is 2.02. The van der Waals surface area contributed by atoms with Gasteiger partial charge in [0.15, 0.2) is 0 Å². The number of benzene rings is 1. The van der Waals surface area contributed by atoms with E-state index in [0.717, 1.165) is 5.33 Å². The predicted octanol–water partition coefficient (Wildman–Crippen LogP) is 4.35. The summed E-state index contributed by atoms with van der Waals surface area (Å²) in [6.07, 6.45) is 0. The molecule has 1 aromatic carbocycles. The molecule has 0 N–H and O–H groups in total. The zero-order valence-corrected chi connectivity index (χ0v) is 10.4. The Bertz CT molecular complexity index is 267. The Morgan fingerprint density at radius 3 is 2.50 bits per heavy atom. The highest BCUT2D eigenvalue weighted by Crippen LogP contribution is 2.24. The van der Waals surface area contributed by atoms with Crippen LogP contribution in [-0.2, 0) is 5.33 Å². The Labute approximate surface area is 90.6 Å². The Morgan fingerprint density at radius 1 is 1.33 bits per heavy atom.